The van der Waals surface area contributed by atoms with Crippen molar-refractivity contribution >= 4 is 27.1 Å². The molecule has 1 aromatic carbocycles. The Morgan fingerprint density at radius 3 is 2.65 bits per heavy atom. The highest BCUT2D eigenvalue weighted by Gasteiger charge is 2.46. The zero-order valence-corrected chi connectivity index (χ0v) is 16.1. The van der Waals surface area contributed by atoms with Gasteiger partial charge >= 0.3 is 0 Å². The molecule has 5 nitrogen and oxygen atoms in total. The van der Waals surface area contributed by atoms with Crippen LogP contribution in [0.2, 0.25) is 0 Å². The molecule has 3 atom stereocenters. The molecule has 0 radical (unpaired) electrons. The summed E-state index contributed by atoms with van der Waals surface area (Å²) in [7, 11) is -3.29. The average molecular weight is 392 g/mol. The lowest BCUT2D eigenvalue weighted by molar-refractivity contribution is 0.0190. The summed E-state index contributed by atoms with van der Waals surface area (Å²) in [6, 6.07) is 13.6. The highest BCUT2D eigenvalue weighted by Crippen LogP contribution is 2.41. The largest absolute Gasteiger partial charge is 0.381 e. The molecule has 0 spiro atoms. The minimum absolute atomic E-state index is 0.0692. The first-order chi connectivity index (χ1) is 12.4. The fourth-order valence-electron chi connectivity index (χ4n) is 4.06. The summed E-state index contributed by atoms with van der Waals surface area (Å²) in [5.41, 5.74) is 1.23. The maximum Gasteiger partial charge on any atom is 0.264 e. The molecule has 3 unspecified atom stereocenters. The molecule has 138 valence electrons. The van der Waals surface area contributed by atoms with Crippen LogP contribution in [0.25, 0.3) is 0 Å². The van der Waals surface area contributed by atoms with E-state index in [1.807, 2.05) is 23.1 Å². The molecule has 2 aliphatic rings. The number of hydrogen-bond acceptors (Lipinski definition) is 5. The first-order valence-electron chi connectivity index (χ1n) is 8.68. The lowest BCUT2D eigenvalue weighted by atomic mass is 9.84. The van der Waals surface area contributed by atoms with Crippen molar-refractivity contribution in [2.75, 3.05) is 26.0 Å². The Morgan fingerprint density at radius 1 is 1.19 bits per heavy atom. The third-order valence-electron chi connectivity index (χ3n) is 5.32. The van der Waals surface area contributed by atoms with Gasteiger partial charge in [0.25, 0.3) is 5.91 Å². The van der Waals surface area contributed by atoms with Crippen LogP contribution in [0, 0.1) is 5.92 Å². The Balaban J connectivity index is 1.63. The second-order valence-corrected chi connectivity index (χ2v) is 10.3. The molecule has 2 fully saturated rings. The number of hydrogen-bond donors (Lipinski definition) is 0. The van der Waals surface area contributed by atoms with Crippen LogP contribution >= 0.6 is 11.3 Å². The van der Waals surface area contributed by atoms with E-state index in [4.69, 9.17) is 4.74 Å². The zero-order valence-electron chi connectivity index (χ0n) is 14.5. The summed E-state index contributed by atoms with van der Waals surface area (Å²) < 4.78 is 29.4. The molecule has 1 amide bonds. The van der Waals surface area contributed by atoms with E-state index < -0.39 is 9.84 Å². The number of carbonyl (C=O) groups is 1. The number of carbonyl (C=O) groups excluding carboxylic acids is 1. The van der Waals surface area contributed by atoms with E-state index in [-0.39, 0.29) is 28.0 Å². The molecule has 1 aromatic heterocycles. The Morgan fingerprint density at radius 2 is 1.96 bits per heavy atom. The van der Waals surface area contributed by atoms with Crippen molar-refractivity contribution in [3.8, 4) is 0 Å². The van der Waals surface area contributed by atoms with Crippen LogP contribution in [0.15, 0.2) is 46.7 Å². The molecular weight excluding hydrogens is 370 g/mol. The van der Waals surface area contributed by atoms with E-state index >= 15 is 0 Å². The number of amides is 1. The summed E-state index contributed by atoms with van der Waals surface area (Å²) >= 11 is 1.06. The van der Waals surface area contributed by atoms with E-state index in [0.717, 1.165) is 17.8 Å². The first-order valence-corrected chi connectivity index (χ1v) is 11.4. The third-order valence-corrected chi connectivity index (χ3v) is 8.21. The van der Waals surface area contributed by atoms with Gasteiger partial charge in [-0.3, -0.25) is 4.79 Å². The van der Waals surface area contributed by atoms with Crippen molar-refractivity contribution in [1.82, 2.24) is 4.90 Å². The second-order valence-electron chi connectivity index (χ2n) is 6.96. The maximum atomic E-state index is 13.1. The van der Waals surface area contributed by atoms with Crippen LogP contribution in [0.3, 0.4) is 0 Å². The number of sulfone groups is 1. The quantitative estimate of drug-likeness (QED) is 0.807. The number of benzene rings is 1. The van der Waals surface area contributed by atoms with Crippen LogP contribution in [0.4, 0.5) is 0 Å². The van der Waals surface area contributed by atoms with Crippen molar-refractivity contribution in [3.63, 3.8) is 0 Å². The molecule has 4 rings (SSSR count). The molecule has 0 bridgehead atoms. The number of thiophene rings is 1. The standard InChI is InChI=1S/C19H21NO4S2/c1-26(22,23)18-8-7-17(25-18)19(21)20-11-14(13-5-3-2-4-6-13)15-12-24-10-9-16(15)20/h2-8,14-16H,9-12H2,1H3. The molecule has 2 aliphatic heterocycles. The predicted octanol–water partition coefficient (Wildman–Crippen LogP) is 2.80. The van der Waals surface area contributed by atoms with Gasteiger partial charge in [0, 0.05) is 37.3 Å². The zero-order chi connectivity index (χ0) is 18.3. The predicted molar refractivity (Wildman–Crippen MR) is 100 cm³/mol. The Labute approximate surface area is 157 Å². The van der Waals surface area contributed by atoms with E-state index in [9.17, 15) is 13.2 Å². The third kappa shape index (κ3) is 3.19. The van der Waals surface area contributed by atoms with Gasteiger partial charge in [-0.25, -0.2) is 8.42 Å². The minimum Gasteiger partial charge on any atom is -0.381 e. The SMILES string of the molecule is CS(=O)(=O)c1ccc(C(=O)N2CC(c3ccccc3)C3COCCC32)s1. The molecular formula is C19H21NO4S2. The van der Waals surface area contributed by atoms with Crippen molar-refractivity contribution in [2.24, 2.45) is 5.92 Å². The van der Waals surface area contributed by atoms with Crippen LogP contribution < -0.4 is 0 Å². The van der Waals surface area contributed by atoms with Gasteiger partial charge in [-0.2, -0.15) is 0 Å². The lowest BCUT2D eigenvalue weighted by Crippen LogP contribution is -2.41. The summed E-state index contributed by atoms with van der Waals surface area (Å²) in [4.78, 5) is 15.5. The highest BCUT2D eigenvalue weighted by atomic mass is 32.2. The van der Waals surface area contributed by atoms with Gasteiger partial charge in [-0.15, -0.1) is 11.3 Å². The van der Waals surface area contributed by atoms with Crippen molar-refractivity contribution in [2.45, 2.75) is 22.6 Å². The van der Waals surface area contributed by atoms with Crippen LogP contribution in [-0.2, 0) is 14.6 Å². The molecule has 3 heterocycles. The number of nitrogens with zero attached hydrogens (tertiary/aromatic N) is 1. The van der Waals surface area contributed by atoms with Gasteiger partial charge in [0.05, 0.1) is 11.5 Å². The van der Waals surface area contributed by atoms with Gasteiger partial charge in [0.1, 0.15) is 4.21 Å². The number of likely N-dealkylation sites (tertiary alicyclic amines) is 1. The molecule has 0 N–H and O–H groups in total. The minimum atomic E-state index is -3.29. The van der Waals surface area contributed by atoms with Gasteiger partial charge in [0.15, 0.2) is 9.84 Å². The second kappa shape index (κ2) is 6.79. The van der Waals surface area contributed by atoms with Crippen LogP contribution in [-0.4, -0.2) is 51.3 Å². The molecule has 0 aliphatic carbocycles. The normalized spacial score (nSPS) is 25.9. The van der Waals surface area contributed by atoms with Gasteiger partial charge in [0.2, 0.25) is 0 Å². The molecule has 0 saturated carbocycles. The van der Waals surface area contributed by atoms with Gasteiger partial charge < -0.3 is 9.64 Å². The topological polar surface area (TPSA) is 63.7 Å². The summed E-state index contributed by atoms with van der Waals surface area (Å²) in [6.45, 7) is 1.96. The Bertz CT molecular complexity index is 907. The van der Waals surface area contributed by atoms with Crippen molar-refractivity contribution in [1.29, 1.82) is 0 Å². The van der Waals surface area contributed by atoms with Crippen LogP contribution in [0.1, 0.15) is 27.6 Å². The van der Waals surface area contributed by atoms with Crippen molar-refractivity contribution in [3.05, 3.63) is 52.9 Å². The van der Waals surface area contributed by atoms with E-state index in [1.54, 1.807) is 6.07 Å². The highest BCUT2D eigenvalue weighted by molar-refractivity contribution is 7.92. The molecule has 2 saturated heterocycles. The van der Waals surface area contributed by atoms with Gasteiger partial charge in [-0.1, -0.05) is 30.3 Å². The maximum absolute atomic E-state index is 13.1. The molecule has 26 heavy (non-hydrogen) atoms. The summed E-state index contributed by atoms with van der Waals surface area (Å²) in [6.07, 6.45) is 1.99. The number of fused-ring (bicyclic) bond motifs is 1. The van der Waals surface area contributed by atoms with Gasteiger partial charge in [-0.05, 0) is 24.1 Å². The van der Waals surface area contributed by atoms with E-state index in [1.165, 1.54) is 17.9 Å². The molecule has 7 heteroatoms. The average Bonchev–Trinajstić information content (AvgIpc) is 3.27. The lowest BCUT2D eigenvalue weighted by Gasteiger charge is -2.32. The monoisotopic (exact) mass is 391 g/mol. The fraction of sp³-hybridized carbons (Fsp3) is 0.421. The number of ether oxygens (including phenoxy) is 1. The van der Waals surface area contributed by atoms with E-state index in [2.05, 4.69) is 12.1 Å². The fourth-order valence-corrected chi connectivity index (χ4v) is 5.95. The van der Waals surface area contributed by atoms with Crippen molar-refractivity contribution < 1.29 is 17.9 Å². The molecule has 2 aromatic rings. The number of rotatable bonds is 3. The Kier molecular flexibility index (Phi) is 4.62. The Hall–Kier alpha value is -1.70. The summed E-state index contributed by atoms with van der Waals surface area (Å²) in [5.74, 6) is 0.462. The summed E-state index contributed by atoms with van der Waals surface area (Å²) in [5, 5.41) is 0. The first kappa shape index (κ1) is 17.7. The smallest absolute Gasteiger partial charge is 0.264 e. The van der Waals surface area contributed by atoms with E-state index in [0.29, 0.717) is 24.6 Å². The van der Waals surface area contributed by atoms with Crippen LogP contribution in [0.5, 0.6) is 0 Å².